The SMILES string of the molecule is CN(C)C[C@@H]1CCCCN1C(=O)c1cc2ccccc2o1. The average Bonchev–Trinajstić information content (AvgIpc) is 2.90. The van der Waals surface area contributed by atoms with Crippen LogP contribution in [0, 0.1) is 0 Å². The number of carbonyl (C=O) groups is 1. The van der Waals surface area contributed by atoms with Gasteiger partial charge in [0, 0.05) is 24.5 Å². The summed E-state index contributed by atoms with van der Waals surface area (Å²) in [5.41, 5.74) is 0.780. The van der Waals surface area contributed by atoms with Crippen molar-refractivity contribution in [2.75, 3.05) is 27.2 Å². The van der Waals surface area contributed by atoms with E-state index in [0.29, 0.717) is 5.76 Å². The van der Waals surface area contributed by atoms with Gasteiger partial charge in [-0.2, -0.15) is 0 Å². The van der Waals surface area contributed by atoms with Crippen LogP contribution in [-0.4, -0.2) is 48.9 Å². The first kappa shape index (κ1) is 14.1. The van der Waals surface area contributed by atoms with Crippen molar-refractivity contribution in [2.45, 2.75) is 25.3 Å². The molecular formula is C17H22N2O2. The molecule has 0 saturated carbocycles. The highest BCUT2D eigenvalue weighted by atomic mass is 16.3. The van der Waals surface area contributed by atoms with Gasteiger partial charge in [-0.15, -0.1) is 0 Å². The third kappa shape index (κ3) is 2.95. The summed E-state index contributed by atoms with van der Waals surface area (Å²) >= 11 is 0. The van der Waals surface area contributed by atoms with Gasteiger partial charge in [0.1, 0.15) is 5.58 Å². The number of likely N-dealkylation sites (N-methyl/N-ethyl adjacent to an activating group) is 1. The molecule has 1 aliphatic heterocycles. The van der Waals surface area contributed by atoms with Gasteiger partial charge in [0.15, 0.2) is 5.76 Å². The fourth-order valence-electron chi connectivity index (χ4n) is 3.11. The van der Waals surface area contributed by atoms with Gasteiger partial charge in [-0.05, 0) is 45.5 Å². The summed E-state index contributed by atoms with van der Waals surface area (Å²) in [5.74, 6) is 0.486. The van der Waals surface area contributed by atoms with Crippen molar-refractivity contribution in [2.24, 2.45) is 0 Å². The number of piperidine rings is 1. The summed E-state index contributed by atoms with van der Waals surface area (Å²) in [6, 6.07) is 9.91. The van der Waals surface area contributed by atoms with Crippen molar-refractivity contribution < 1.29 is 9.21 Å². The highest BCUT2D eigenvalue weighted by Gasteiger charge is 2.29. The topological polar surface area (TPSA) is 36.7 Å². The maximum absolute atomic E-state index is 12.8. The first-order valence-electron chi connectivity index (χ1n) is 7.59. The van der Waals surface area contributed by atoms with E-state index in [0.717, 1.165) is 36.9 Å². The van der Waals surface area contributed by atoms with E-state index in [1.54, 1.807) is 0 Å². The molecule has 1 fully saturated rings. The zero-order chi connectivity index (χ0) is 14.8. The summed E-state index contributed by atoms with van der Waals surface area (Å²) < 4.78 is 5.73. The lowest BCUT2D eigenvalue weighted by atomic mass is 10.0. The van der Waals surface area contributed by atoms with Gasteiger partial charge < -0.3 is 14.2 Å². The molecule has 3 rings (SSSR count). The van der Waals surface area contributed by atoms with Crippen LogP contribution in [-0.2, 0) is 0 Å². The Balaban J connectivity index is 1.84. The molecule has 0 radical (unpaired) electrons. The first-order chi connectivity index (χ1) is 10.1. The van der Waals surface area contributed by atoms with Crippen LogP contribution in [0.25, 0.3) is 11.0 Å². The van der Waals surface area contributed by atoms with Crippen LogP contribution in [0.15, 0.2) is 34.7 Å². The normalized spacial score (nSPS) is 19.4. The van der Waals surface area contributed by atoms with Crippen molar-refractivity contribution in [1.29, 1.82) is 0 Å². The molecule has 1 aliphatic rings. The van der Waals surface area contributed by atoms with E-state index >= 15 is 0 Å². The molecule has 21 heavy (non-hydrogen) atoms. The second-order valence-electron chi connectivity index (χ2n) is 6.06. The van der Waals surface area contributed by atoms with Gasteiger partial charge in [-0.3, -0.25) is 4.79 Å². The van der Waals surface area contributed by atoms with E-state index in [1.807, 2.05) is 35.2 Å². The molecule has 1 saturated heterocycles. The van der Waals surface area contributed by atoms with Gasteiger partial charge in [0.2, 0.25) is 0 Å². The Kier molecular flexibility index (Phi) is 3.97. The average molecular weight is 286 g/mol. The van der Waals surface area contributed by atoms with Gasteiger partial charge >= 0.3 is 0 Å². The van der Waals surface area contributed by atoms with Gasteiger partial charge in [-0.1, -0.05) is 18.2 Å². The Labute approximate surface area is 125 Å². The molecule has 0 N–H and O–H groups in total. The van der Waals surface area contributed by atoms with E-state index in [-0.39, 0.29) is 11.9 Å². The number of benzene rings is 1. The Hall–Kier alpha value is -1.81. The standard InChI is InChI=1S/C17H22N2O2/c1-18(2)12-14-8-5-6-10-19(14)17(20)16-11-13-7-3-4-9-15(13)21-16/h3-4,7,9,11,14H,5-6,8,10,12H2,1-2H3/t14-/m0/s1. The van der Waals surface area contributed by atoms with Crippen molar-refractivity contribution in [3.63, 3.8) is 0 Å². The lowest BCUT2D eigenvalue weighted by molar-refractivity contribution is 0.0545. The van der Waals surface area contributed by atoms with Crippen molar-refractivity contribution in [3.05, 3.63) is 36.1 Å². The number of furan rings is 1. The van der Waals surface area contributed by atoms with Crippen LogP contribution < -0.4 is 0 Å². The minimum atomic E-state index is 0.0257. The number of amides is 1. The molecule has 0 bridgehead atoms. The molecule has 112 valence electrons. The van der Waals surface area contributed by atoms with Crippen LogP contribution >= 0.6 is 0 Å². The molecule has 1 aromatic heterocycles. The Bertz CT molecular complexity index is 600. The molecule has 2 aromatic rings. The van der Waals surface area contributed by atoms with E-state index in [9.17, 15) is 4.79 Å². The smallest absolute Gasteiger partial charge is 0.289 e. The number of nitrogens with zero attached hydrogens (tertiary/aromatic N) is 2. The number of fused-ring (bicyclic) bond motifs is 1. The molecule has 0 aliphatic carbocycles. The summed E-state index contributed by atoms with van der Waals surface area (Å²) in [6.45, 7) is 1.74. The zero-order valence-corrected chi connectivity index (χ0v) is 12.7. The summed E-state index contributed by atoms with van der Waals surface area (Å²) in [6.07, 6.45) is 3.35. The first-order valence-corrected chi connectivity index (χ1v) is 7.59. The van der Waals surface area contributed by atoms with E-state index in [2.05, 4.69) is 19.0 Å². The largest absolute Gasteiger partial charge is 0.451 e. The van der Waals surface area contributed by atoms with E-state index < -0.39 is 0 Å². The van der Waals surface area contributed by atoms with Crippen molar-refractivity contribution in [1.82, 2.24) is 9.80 Å². The summed E-state index contributed by atoms with van der Waals surface area (Å²) in [4.78, 5) is 16.9. The van der Waals surface area contributed by atoms with E-state index in [4.69, 9.17) is 4.42 Å². The molecule has 4 heteroatoms. The summed E-state index contributed by atoms with van der Waals surface area (Å²) in [5, 5.41) is 0.988. The Morgan fingerprint density at radius 2 is 2.14 bits per heavy atom. The second kappa shape index (κ2) is 5.90. The predicted octanol–water partition coefficient (Wildman–Crippen LogP) is 2.99. The number of para-hydroxylation sites is 1. The number of hydrogen-bond donors (Lipinski definition) is 0. The van der Waals surface area contributed by atoms with Crippen LogP contribution in [0.4, 0.5) is 0 Å². The van der Waals surface area contributed by atoms with Crippen LogP contribution in [0.1, 0.15) is 29.8 Å². The lowest BCUT2D eigenvalue weighted by Crippen LogP contribution is -2.48. The molecule has 1 atom stereocenters. The highest BCUT2D eigenvalue weighted by Crippen LogP contribution is 2.24. The fourth-order valence-corrected chi connectivity index (χ4v) is 3.11. The highest BCUT2D eigenvalue weighted by molar-refractivity contribution is 5.96. The van der Waals surface area contributed by atoms with E-state index in [1.165, 1.54) is 6.42 Å². The molecular weight excluding hydrogens is 264 g/mol. The lowest BCUT2D eigenvalue weighted by Gasteiger charge is -2.36. The van der Waals surface area contributed by atoms with Gasteiger partial charge in [0.25, 0.3) is 5.91 Å². The van der Waals surface area contributed by atoms with Crippen LogP contribution in [0.3, 0.4) is 0 Å². The van der Waals surface area contributed by atoms with Crippen molar-refractivity contribution in [3.8, 4) is 0 Å². The maximum atomic E-state index is 12.8. The second-order valence-corrected chi connectivity index (χ2v) is 6.06. The number of rotatable bonds is 3. The third-order valence-corrected chi connectivity index (χ3v) is 4.10. The Morgan fingerprint density at radius 3 is 2.90 bits per heavy atom. The maximum Gasteiger partial charge on any atom is 0.289 e. The Morgan fingerprint density at radius 1 is 1.33 bits per heavy atom. The molecule has 4 nitrogen and oxygen atoms in total. The molecule has 0 spiro atoms. The zero-order valence-electron chi connectivity index (χ0n) is 12.7. The minimum Gasteiger partial charge on any atom is -0.451 e. The number of carbonyl (C=O) groups excluding carboxylic acids is 1. The van der Waals surface area contributed by atoms with Gasteiger partial charge in [0.05, 0.1) is 0 Å². The number of hydrogen-bond acceptors (Lipinski definition) is 3. The molecule has 0 unspecified atom stereocenters. The van der Waals surface area contributed by atoms with Crippen LogP contribution in [0.5, 0.6) is 0 Å². The molecule has 1 aromatic carbocycles. The minimum absolute atomic E-state index is 0.0257. The quantitative estimate of drug-likeness (QED) is 0.870. The van der Waals surface area contributed by atoms with Gasteiger partial charge in [-0.25, -0.2) is 0 Å². The molecule has 2 heterocycles. The van der Waals surface area contributed by atoms with Crippen LogP contribution in [0.2, 0.25) is 0 Å². The molecule has 1 amide bonds. The fraction of sp³-hybridized carbons (Fsp3) is 0.471. The van der Waals surface area contributed by atoms with Crippen molar-refractivity contribution >= 4 is 16.9 Å². The monoisotopic (exact) mass is 286 g/mol. The predicted molar refractivity (Wildman–Crippen MR) is 83.4 cm³/mol. The third-order valence-electron chi connectivity index (χ3n) is 4.10. The summed E-state index contributed by atoms with van der Waals surface area (Å²) in [7, 11) is 4.11. The number of likely N-dealkylation sites (tertiary alicyclic amines) is 1.